The Morgan fingerprint density at radius 2 is 2.46 bits per heavy atom. The average molecular weight is 176 g/mol. The molecule has 0 aliphatic rings. The summed E-state index contributed by atoms with van der Waals surface area (Å²) >= 11 is 0. The minimum atomic E-state index is -1.05. The first-order valence-corrected chi connectivity index (χ1v) is 3.61. The van der Waals surface area contributed by atoms with Gasteiger partial charge in [0.25, 0.3) is 0 Å². The zero-order valence-electron chi connectivity index (χ0n) is 6.82. The first-order chi connectivity index (χ1) is 6.24. The predicted molar refractivity (Wildman–Crippen MR) is 48.5 cm³/mol. The number of rotatable bonds is 3. The molecule has 0 aromatic carbocycles. The lowest BCUT2D eigenvalue weighted by Gasteiger charge is -2.01. The van der Waals surface area contributed by atoms with Gasteiger partial charge in [-0.1, -0.05) is 12.0 Å². The van der Waals surface area contributed by atoms with E-state index in [1.54, 1.807) is 12.1 Å². The lowest BCUT2D eigenvalue weighted by Crippen LogP contribution is -2.05. The van der Waals surface area contributed by atoms with Gasteiger partial charge in [-0.2, -0.15) is 0 Å². The Hall–Kier alpha value is -2.02. The molecule has 1 heterocycles. The van der Waals surface area contributed by atoms with Crippen LogP contribution >= 0.6 is 0 Å². The number of hydrogen-bond acceptors (Lipinski definition) is 3. The molecule has 0 aliphatic carbocycles. The Bertz CT molecular complexity index is 355. The average Bonchev–Trinajstić information content (AvgIpc) is 2.15. The SMILES string of the molecule is C#CCNc1cccc(C(=O)O)n1. The van der Waals surface area contributed by atoms with Crippen molar-refractivity contribution in [3.63, 3.8) is 0 Å². The first-order valence-electron chi connectivity index (χ1n) is 3.61. The summed E-state index contributed by atoms with van der Waals surface area (Å²) in [6, 6.07) is 4.68. The Kier molecular flexibility index (Phi) is 2.87. The summed E-state index contributed by atoms with van der Waals surface area (Å²) in [6.07, 6.45) is 5.02. The molecule has 4 heteroatoms. The fourth-order valence-corrected chi connectivity index (χ4v) is 0.794. The van der Waals surface area contributed by atoms with Gasteiger partial charge in [-0.05, 0) is 12.1 Å². The third kappa shape index (κ3) is 2.49. The van der Waals surface area contributed by atoms with Crippen molar-refractivity contribution in [1.82, 2.24) is 4.98 Å². The van der Waals surface area contributed by atoms with E-state index in [4.69, 9.17) is 11.5 Å². The number of carboxylic acids is 1. The predicted octanol–water partition coefficient (Wildman–Crippen LogP) is 0.825. The van der Waals surface area contributed by atoms with E-state index in [1.807, 2.05) is 0 Å². The van der Waals surface area contributed by atoms with Gasteiger partial charge in [0, 0.05) is 0 Å². The minimum absolute atomic E-state index is 0.00187. The van der Waals surface area contributed by atoms with E-state index >= 15 is 0 Å². The van der Waals surface area contributed by atoms with Gasteiger partial charge in [-0.3, -0.25) is 0 Å². The number of terminal acetylenes is 1. The summed E-state index contributed by atoms with van der Waals surface area (Å²) in [5.74, 6) is 1.79. The summed E-state index contributed by atoms with van der Waals surface area (Å²) < 4.78 is 0. The number of hydrogen-bond donors (Lipinski definition) is 2. The third-order valence-corrected chi connectivity index (χ3v) is 1.34. The van der Waals surface area contributed by atoms with E-state index in [1.165, 1.54) is 6.07 Å². The molecule has 13 heavy (non-hydrogen) atoms. The van der Waals surface area contributed by atoms with Gasteiger partial charge in [0.05, 0.1) is 6.54 Å². The number of anilines is 1. The van der Waals surface area contributed by atoms with Crippen LogP contribution in [-0.4, -0.2) is 22.6 Å². The van der Waals surface area contributed by atoms with E-state index < -0.39 is 5.97 Å². The van der Waals surface area contributed by atoms with E-state index in [0.717, 1.165) is 0 Å². The van der Waals surface area contributed by atoms with E-state index in [9.17, 15) is 4.79 Å². The number of nitrogens with one attached hydrogen (secondary N) is 1. The van der Waals surface area contributed by atoms with Crippen LogP contribution in [0.25, 0.3) is 0 Å². The standard InChI is InChI=1S/C9H8N2O2/c1-2-6-10-8-5-3-4-7(11-8)9(12)13/h1,3-5H,6H2,(H,10,11)(H,12,13). The molecule has 0 saturated carbocycles. The molecule has 0 radical (unpaired) electrons. The van der Waals surface area contributed by atoms with Crippen LogP contribution in [0.4, 0.5) is 5.82 Å². The summed E-state index contributed by atoms with van der Waals surface area (Å²) in [5, 5.41) is 11.4. The van der Waals surface area contributed by atoms with Crippen LogP contribution in [0, 0.1) is 12.3 Å². The summed E-state index contributed by atoms with van der Waals surface area (Å²) in [7, 11) is 0. The molecule has 0 spiro atoms. The number of aromatic carboxylic acids is 1. The molecule has 0 unspecified atom stereocenters. The normalized spacial score (nSPS) is 8.85. The van der Waals surface area contributed by atoms with Gasteiger partial charge in [-0.25, -0.2) is 9.78 Å². The number of nitrogens with zero attached hydrogens (tertiary/aromatic N) is 1. The van der Waals surface area contributed by atoms with Gasteiger partial charge in [0.1, 0.15) is 5.82 Å². The van der Waals surface area contributed by atoms with Gasteiger partial charge in [0.2, 0.25) is 0 Å². The minimum Gasteiger partial charge on any atom is -0.477 e. The molecule has 2 N–H and O–H groups in total. The summed E-state index contributed by atoms with van der Waals surface area (Å²) in [6.45, 7) is 0.329. The summed E-state index contributed by atoms with van der Waals surface area (Å²) in [5.41, 5.74) is 0.00187. The molecule has 1 aromatic rings. The molecule has 0 aliphatic heterocycles. The zero-order chi connectivity index (χ0) is 9.68. The van der Waals surface area contributed by atoms with Gasteiger partial charge < -0.3 is 10.4 Å². The van der Waals surface area contributed by atoms with Crippen molar-refractivity contribution < 1.29 is 9.90 Å². The molecule has 1 rings (SSSR count). The third-order valence-electron chi connectivity index (χ3n) is 1.34. The highest BCUT2D eigenvalue weighted by atomic mass is 16.4. The van der Waals surface area contributed by atoms with Crippen molar-refractivity contribution >= 4 is 11.8 Å². The summed E-state index contributed by atoms with van der Waals surface area (Å²) in [4.78, 5) is 14.3. The number of pyridine rings is 1. The fourth-order valence-electron chi connectivity index (χ4n) is 0.794. The van der Waals surface area contributed by atoms with Crippen LogP contribution in [0.15, 0.2) is 18.2 Å². The second kappa shape index (κ2) is 4.12. The van der Waals surface area contributed by atoms with Crippen molar-refractivity contribution in [3.05, 3.63) is 23.9 Å². The molecular formula is C9H8N2O2. The maximum Gasteiger partial charge on any atom is 0.354 e. The fraction of sp³-hybridized carbons (Fsp3) is 0.111. The Morgan fingerprint density at radius 1 is 1.69 bits per heavy atom. The molecule has 0 bridgehead atoms. The highest BCUT2D eigenvalue weighted by Crippen LogP contribution is 2.03. The largest absolute Gasteiger partial charge is 0.477 e. The molecule has 0 amide bonds. The Labute approximate surface area is 75.6 Å². The van der Waals surface area contributed by atoms with Crippen LogP contribution < -0.4 is 5.32 Å². The van der Waals surface area contributed by atoms with Crippen molar-refractivity contribution in [1.29, 1.82) is 0 Å². The lowest BCUT2D eigenvalue weighted by atomic mass is 10.3. The topological polar surface area (TPSA) is 62.2 Å². The van der Waals surface area contributed by atoms with E-state index in [-0.39, 0.29) is 5.69 Å². The number of aromatic nitrogens is 1. The van der Waals surface area contributed by atoms with Crippen molar-refractivity contribution in [2.45, 2.75) is 0 Å². The molecular weight excluding hydrogens is 168 g/mol. The van der Waals surface area contributed by atoms with Crippen LogP contribution in [0.2, 0.25) is 0 Å². The zero-order valence-corrected chi connectivity index (χ0v) is 6.82. The van der Waals surface area contributed by atoms with Gasteiger partial charge >= 0.3 is 5.97 Å². The number of carbonyl (C=O) groups is 1. The smallest absolute Gasteiger partial charge is 0.354 e. The molecule has 0 saturated heterocycles. The van der Waals surface area contributed by atoms with Crippen LogP contribution in [0.3, 0.4) is 0 Å². The Balaban J connectivity index is 2.80. The maximum atomic E-state index is 10.5. The first kappa shape index (κ1) is 9.07. The number of carboxylic acid groups (broad SMARTS) is 1. The highest BCUT2D eigenvalue weighted by Gasteiger charge is 2.03. The second-order valence-electron chi connectivity index (χ2n) is 2.27. The quantitative estimate of drug-likeness (QED) is 0.669. The monoisotopic (exact) mass is 176 g/mol. The van der Waals surface area contributed by atoms with Crippen molar-refractivity contribution in [3.8, 4) is 12.3 Å². The molecule has 0 atom stereocenters. The molecule has 0 fully saturated rings. The van der Waals surface area contributed by atoms with E-state index in [0.29, 0.717) is 12.4 Å². The lowest BCUT2D eigenvalue weighted by molar-refractivity contribution is 0.0690. The second-order valence-corrected chi connectivity index (χ2v) is 2.27. The van der Waals surface area contributed by atoms with Gasteiger partial charge in [-0.15, -0.1) is 6.42 Å². The molecule has 1 aromatic heterocycles. The Morgan fingerprint density at radius 3 is 3.08 bits per heavy atom. The van der Waals surface area contributed by atoms with Crippen molar-refractivity contribution in [2.24, 2.45) is 0 Å². The van der Waals surface area contributed by atoms with Crippen LogP contribution in [0.1, 0.15) is 10.5 Å². The van der Waals surface area contributed by atoms with E-state index in [2.05, 4.69) is 16.2 Å². The highest BCUT2D eigenvalue weighted by molar-refractivity contribution is 5.85. The van der Waals surface area contributed by atoms with Crippen LogP contribution in [-0.2, 0) is 0 Å². The van der Waals surface area contributed by atoms with Gasteiger partial charge in [0.15, 0.2) is 5.69 Å². The molecule has 66 valence electrons. The van der Waals surface area contributed by atoms with Crippen LogP contribution in [0.5, 0.6) is 0 Å². The maximum absolute atomic E-state index is 10.5. The van der Waals surface area contributed by atoms with Crippen molar-refractivity contribution in [2.75, 3.05) is 11.9 Å². The molecule has 4 nitrogen and oxygen atoms in total.